The number of thiocarbonyl (C=S) groups is 2. The Morgan fingerprint density at radius 2 is 1.50 bits per heavy atom. The van der Waals surface area contributed by atoms with E-state index in [0.717, 1.165) is 28.1 Å². The van der Waals surface area contributed by atoms with Crippen molar-refractivity contribution in [2.45, 2.75) is 13.8 Å². The van der Waals surface area contributed by atoms with Gasteiger partial charge < -0.3 is 14.7 Å². The molecule has 2 saturated heterocycles. The number of carbonyl (C=O) groups excluding carboxylic acids is 2. The zero-order valence-electron chi connectivity index (χ0n) is 12.3. The van der Waals surface area contributed by atoms with Crippen molar-refractivity contribution in [3.63, 3.8) is 0 Å². The smallest absolute Gasteiger partial charge is 0.326 e. The van der Waals surface area contributed by atoms with Gasteiger partial charge in [0, 0.05) is 27.2 Å². The van der Waals surface area contributed by atoms with Gasteiger partial charge in [-0.05, 0) is 26.1 Å². The Morgan fingerprint density at radius 1 is 0.950 bits per heavy atom. The first-order valence-corrected chi connectivity index (χ1v) is 7.26. The number of hydrogen-bond donors (Lipinski definition) is 0. The largest absolute Gasteiger partial charge is 0.342 e. The number of amides is 3. The number of imide groups is 1. The lowest BCUT2D eigenvalue weighted by Crippen LogP contribution is -2.29. The fourth-order valence-electron chi connectivity index (χ4n) is 1.81. The lowest BCUT2D eigenvalue weighted by Gasteiger charge is -2.14. The molecular weight excluding hydrogens is 296 g/mol. The zero-order valence-corrected chi connectivity index (χ0v) is 13.9. The monoisotopic (exact) mass is 316 g/mol. The molecule has 0 saturated carbocycles. The Labute approximate surface area is 130 Å². The Kier molecular flexibility index (Phi) is 5.82. The lowest BCUT2D eigenvalue weighted by atomic mass is 10.5. The second-order valence-corrected chi connectivity index (χ2v) is 5.34. The summed E-state index contributed by atoms with van der Waals surface area (Å²) in [5.41, 5.74) is 0. The second-order valence-electron chi connectivity index (χ2n) is 4.50. The quantitative estimate of drug-likeness (QED) is 0.554. The molecule has 20 heavy (non-hydrogen) atoms. The van der Waals surface area contributed by atoms with E-state index in [1.807, 2.05) is 18.9 Å². The van der Waals surface area contributed by atoms with Gasteiger partial charge in [0.15, 0.2) is 5.11 Å². The van der Waals surface area contributed by atoms with E-state index in [9.17, 15) is 9.59 Å². The van der Waals surface area contributed by atoms with E-state index in [1.165, 1.54) is 11.9 Å². The van der Waals surface area contributed by atoms with Crippen molar-refractivity contribution in [3.8, 4) is 0 Å². The van der Waals surface area contributed by atoms with Crippen LogP contribution in [-0.4, -0.2) is 81.9 Å². The van der Waals surface area contributed by atoms with Gasteiger partial charge in [-0.1, -0.05) is 12.2 Å². The molecule has 0 N–H and O–H groups in total. The third-order valence-corrected chi connectivity index (χ3v) is 4.21. The minimum Gasteiger partial charge on any atom is -0.342 e. The minimum atomic E-state index is -0.187. The van der Waals surface area contributed by atoms with E-state index in [2.05, 4.69) is 11.8 Å². The molecule has 6 nitrogen and oxygen atoms in total. The van der Waals surface area contributed by atoms with Gasteiger partial charge in [-0.15, -0.1) is 0 Å². The molecule has 2 fully saturated rings. The molecule has 3 amide bonds. The highest BCUT2D eigenvalue weighted by molar-refractivity contribution is 7.82. The minimum absolute atomic E-state index is 0.119. The van der Waals surface area contributed by atoms with Crippen molar-refractivity contribution in [2.24, 2.45) is 0 Å². The Bertz CT molecular complexity index is 401. The molecule has 0 aromatic rings. The fraction of sp³-hybridized carbons (Fsp3) is 0.667. The van der Waals surface area contributed by atoms with E-state index >= 15 is 0 Å². The van der Waals surface area contributed by atoms with Crippen molar-refractivity contribution in [1.29, 1.82) is 0 Å². The van der Waals surface area contributed by atoms with Gasteiger partial charge in [-0.3, -0.25) is 9.69 Å². The van der Waals surface area contributed by atoms with Crippen molar-refractivity contribution >= 4 is 46.5 Å². The molecule has 0 aliphatic carbocycles. The van der Waals surface area contributed by atoms with E-state index in [1.54, 1.807) is 0 Å². The summed E-state index contributed by atoms with van der Waals surface area (Å²) in [5, 5.41) is 0.854. The van der Waals surface area contributed by atoms with Crippen LogP contribution < -0.4 is 0 Å². The maximum atomic E-state index is 11.0. The molecule has 0 bridgehead atoms. The predicted octanol–water partition coefficient (Wildman–Crippen LogP) is 0.766. The molecule has 2 rings (SSSR count). The summed E-state index contributed by atoms with van der Waals surface area (Å²) in [6.45, 7) is 6.55. The summed E-state index contributed by atoms with van der Waals surface area (Å²) in [5.74, 6) is -0.119. The number of rotatable bonds is 2. The van der Waals surface area contributed by atoms with Crippen molar-refractivity contribution in [1.82, 2.24) is 19.6 Å². The summed E-state index contributed by atoms with van der Waals surface area (Å²) in [4.78, 5) is 29.3. The maximum absolute atomic E-state index is 11.0. The van der Waals surface area contributed by atoms with Gasteiger partial charge in [0.25, 0.3) is 0 Å². The summed E-state index contributed by atoms with van der Waals surface area (Å²) in [6.07, 6.45) is 0. The molecule has 2 aliphatic rings. The third kappa shape index (κ3) is 3.43. The van der Waals surface area contributed by atoms with Crippen LogP contribution in [0.3, 0.4) is 0 Å². The topological polar surface area (TPSA) is 47.1 Å². The molecule has 8 heteroatoms. The Hall–Kier alpha value is -1.28. The van der Waals surface area contributed by atoms with Gasteiger partial charge >= 0.3 is 6.03 Å². The van der Waals surface area contributed by atoms with Crippen LogP contribution in [0.4, 0.5) is 4.79 Å². The average Bonchev–Trinajstić information content (AvgIpc) is 2.84. The first-order valence-electron chi connectivity index (χ1n) is 6.44. The molecule has 0 atom stereocenters. The molecule has 0 unspecified atom stereocenters. The van der Waals surface area contributed by atoms with Crippen LogP contribution in [-0.2, 0) is 4.79 Å². The average molecular weight is 316 g/mol. The molecule has 2 aliphatic heterocycles. The van der Waals surface area contributed by atoms with E-state index < -0.39 is 0 Å². The van der Waals surface area contributed by atoms with Gasteiger partial charge in [0.2, 0.25) is 5.91 Å². The van der Waals surface area contributed by atoms with Crippen LogP contribution in [0.2, 0.25) is 0 Å². The van der Waals surface area contributed by atoms with Crippen LogP contribution in [0.25, 0.3) is 0 Å². The molecule has 0 spiro atoms. The van der Waals surface area contributed by atoms with Crippen LogP contribution in [0, 0.1) is 0 Å². The Morgan fingerprint density at radius 3 is 1.70 bits per heavy atom. The number of hydrogen-bond acceptors (Lipinski definition) is 4. The molecule has 0 aromatic heterocycles. The van der Waals surface area contributed by atoms with Crippen LogP contribution in [0.5, 0.6) is 0 Å². The highest BCUT2D eigenvalue weighted by Gasteiger charge is 2.31. The molecule has 112 valence electrons. The fourth-order valence-corrected chi connectivity index (χ4v) is 2.41. The standard InChI is InChI=1S/C6H10N2O2.C6H10N2S2/c2*1-3-8-4-5(9)7(2)6(8)10/h2*3-4H2,1-2H3. The molecule has 0 radical (unpaired) electrons. The van der Waals surface area contributed by atoms with E-state index in [-0.39, 0.29) is 18.5 Å². The molecule has 2 heterocycles. The number of likely N-dealkylation sites (N-methyl/N-ethyl adjacent to an activating group) is 4. The molecular formula is C12H20N4O2S2. The predicted molar refractivity (Wildman–Crippen MR) is 85.6 cm³/mol. The lowest BCUT2D eigenvalue weighted by molar-refractivity contribution is -0.124. The van der Waals surface area contributed by atoms with E-state index in [4.69, 9.17) is 24.4 Å². The van der Waals surface area contributed by atoms with Crippen molar-refractivity contribution in [2.75, 3.05) is 40.3 Å². The van der Waals surface area contributed by atoms with Crippen LogP contribution in [0.15, 0.2) is 0 Å². The summed E-state index contributed by atoms with van der Waals surface area (Å²) < 4.78 is 0. The van der Waals surface area contributed by atoms with Gasteiger partial charge in [0.05, 0.1) is 6.54 Å². The number of carbonyl (C=O) groups is 2. The zero-order chi connectivity index (χ0) is 15.4. The van der Waals surface area contributed by atoms with Crippen molar-refractivity contribution in [3.05, 3.63) is 0 Å². The first kappa shape index (κ1) is 16.8. The molecule has 0 aromatic carbocycles. The summed E-state index contributed by atoms with van der Waals surface area (Å²) >= 11 is 10.2. The highest BCUT2D eigenvalue weighted by atomic mass is 32.1. The number of nitrogens with zero attached hydrogens (tertiary/aromatic N) is 4. The summed E-state index contributed by atoms with van der Waals surface area (Å²) in [6, 6.07) is -0.187. The summed E-state index contributed by atoms with van der Waals surface area (Å²) in [7, 11) is 3.42. The third-order valence-electron chi connectivity index (χ3n) is 3.28. The SMILES string of the molecule is CCN1CC(=O)N(C)C1=O.CCN1CC(=S)N(C)C1=S. The van der Waals surface area contributed by atoms with Crippen molar-refractivity contribution < 1.29 is 9.59 Å². The van der Waals surface area contributed by atoms with Gasteiger partial charge in [-0.2, -0.15) is 0 Å². The maximum Gasteiger partial charge on any atom is 0.326 e. The first-order chi connectivity index (χ1) is 9.33. The van der Waals surface area contributed by atoms with Gasteiger partial charge in [0.1, 0.15) is 11.5 Å². The van der Waals surface area contributed by atoms with Crippen LogP contribution in [0.1, 0.15) is 13.8 Å². The van der Waals surface area contributed by atoms with E-state index in [0.29, 0.717) is 6.54 Å². The number of urea groups is 1. The normalized spacial score (nSPS) is 19.0. The van der Waals surface area contributed by atoms with Gasteiger partial charge in [-0.25, -0.2) is 4.79 Å². The van der Waals surface area contributed by atoms with Crippen LogP contribution >= 0.6 is 24.4 Å². The second kappa shape index (κ2) is 6.94. The highest BCUT2D eigenvalue weighted by Crippen LogP contribution is 2.08. The Balaban J connectivity index is 0.000000200.